The fourth-order valence-electron chi connectivity index (χ4n) is 2.84. The number of benzene rings is 1. The van der Waals surface area contributed by atoms with Crippen LogP contribution in [0.4, 0.5) is 0 Å². The fraction of sp³-hybridized carbons (Fsp3) is 0.500. The smallest absolute Gasteiger partial charge is 0.170 e. The van der Waals surface area contributed by atoms with E-state index in [1.807, 2.05) is 19.1 Å². The average Bonchev–Trinajstić information content (AvgIpc) is 2.32. The molecule has 1 N–H and O–H groups in total. The van der Waals surface area contributed by atoms with Crippen LogP contribution in [-0.2, 0) is 0 Å². The number of carbonyl (C=O) groups excluding carboxylic acids is 1. The molecule has 1 aromatic carbocycles. The van der Waals surface area contributed by atoms with Gasteiger partial charge >= 0.3 is 0 Å². The lowest BCUT2D eigenvalue weighted by Gasteiger charge is -2.41. The Kier molecular flexibility index (Phi) is 4.23. The second-order valence-corrected chi connectivity index (χ2v) is 6.11. The molecule has 5 heteroatoms. The van der Waals surface area contributed by atoms with Gasteiger partial charge in [-0.2, -0.15) is 0 Å². The predicted molar refractivity (Wildman–Crippen MR) is 80.5 cm³/mol. The molecule has 2 heterocycles. The number of halogens is 2. The van der Waals surface area contributed by atoms with E-state index in [0.29, 0.717) is 6.42 Å². The highest BCUT2D eigenvalue weighted by molar-refractivity contribution is 9.10. The van der Waals surface area contributed by atoms with Crippen LogP contribution in [-0.4, -0.2) is 24.5 Å². The first-order chi connectivity index (χ1) is 8.60. The number of rotatable bonds is 0. The van der Waals surface area contributed by atoms with Gasteiger partial charge in [-0.05, 0) is 53.6 Å². The Bertz CT molecular complexity index is 512. The van der Waals surface area contributed by atoms with Gasteiger partial charge in [0.1, 0.15) is 11.4 Å². The third kappa shape index (κ3) is 2.67. The van der Waals surface area contributed by atoms with Crippen molar-refractivity contribution in [3.63, 3.8) is 0 Å². The minimum absolute atomic E-state index is 0. The van der Waals surface area contributed by atoms with E-state index in [1.165, 1.54) is 0 Å². The van der Waals surface area contributed by atoms with Gasteiger partial charge in [0.25, 0.3) is 0 Å². The van der Waals surface area contributed by atoms with Crippen molar-refractivity contribution in [1.82, 2.24) is 5.32 Å². The maximum absolute atomic E-state index is 12.3. The number of hydrogen-bond donors (Lipinski definition) is 1. The van der Waals surface area contributed by atoms with Crippen LogP contribution in [0.3, 0.4) is 0 Å². The first-order valence-corrected chi connectivity index (χ1v) is 7.12. The first-order valence-electron chi connectivity index (χ1n) is 6.33. The summed E-state index contributed by atoms with van der Waals surface area (Å²) in [5.74, 6) is 0.946. The number of aryl methyl sites for hydroxylation is 1. The van der Waals surface area contributed by atoms with E-state index in [0.717, 1.165) is 47.3 Å². The van der Waals surface area contributed by atoms with Crippen molar-refractivity contribution >= 4 is 34.1 Å². The predicted octanol–water partition coefficient (Wildman–Crippen LogP) is 3.27. The maximum Gasteiger partial charge on any atom is 0.170 e. The second-order valence-electron chi connectivity index (χ2n) is 5.26. The second kappa shape index (κ2) is 5.43. The monoisotopic (exact) mass is 345 g/mol. The number of Topliss-reactive ketones (excluding diaryl/α,β-unsaturated/α-hetero) is 1. The number of hydrogen-bond acceptors (Lipinski definition) is 3. The molecular weight excluding hydrogens is 330 g/mol. The van der Waals surface area contributed by atoms with Crippen molar-refractivity contribution in [1.29, 1.82) is 0 Å². The Hall–Kier alpha value is -0.580. The molecule has 2 aliphatic heterocycles. The number of carbonyl (C=O) groups is 1. The van der Waals surface area contributed by atoms with Crippen LogP contribution in [0.15, 0.2) is 16.6 Å². The maximum atomic E-state index is 12.3. The highest BCUT2D eigenvalue weighted by Crippen LogP contribution is 2.42. The van der Waals surface area contributed by atoms with Crippen molar-refractivity contribution in [2.45, 2.75) is 31.8 Å². The van der Waals surface area contributed by atoms with Crippen molar-refractivity contribution in [2.24, 2.45) is 0 Å². The van der Waals surface area contributed by atoms with Gasteiger partial charge < -0.3 is 10.1 Å². The molecule has 1 aromatic rings. The van der Waals surface area contributed by atoms with Gasteiger partial charge in [0.15, 0.2) is 5.78 Å². The van der Waals surface area contributed by atoms with Gasteiger partial charge in [0.2, 0.25) is 0 Å². The summed E-state index contributed by atoms with van der Waals surface area (Å²) in [7, 11) is 0. The number of nitrogens with one attached hydrogen (secondary N) is 1. The highest BCUT2D eigenvalue weighted by atomic mass is 79.9. The van der Waals surface area contributed by atoms with E-state index in [1.54, 1.807) is 0 Å². The SMILES string of the molecule is Cc1cc(Br)c2c(c1)C(=O)CC1(CCNCC1)O2.Cl. The van der Waals surface area contributed by atoms with Crippen molar-refractivity contribution in [2.75, 3.05) is 13.1 Å². The molecule has 0 saturated carbocycles. The molecule has 0 atom stereocenters. The number of ether oxygens (including phenoxy) is 1. The minimum Gasteiger partial charge on any atom is -0.485 e. The molecule has 3 rings (SSSR count). The van der Waals surface area contributed by atoms with Crippen molar-refractivity contribution in [3.8, 4) is 5.75 Å². The van der Waals surface area contributed by atoms with E-state index in [9.17, 15) is 4.79 Å². The minimum atomic E-state index is -0.285. The topological polar surface area (TPSA) is 38.3 Å². The summed E-state index contributed by atoms with van der Waals surface area (Å²) in [6.45, 7) is 3.84. The van der Waals surface area contributed by atoms with Crippen LogP contribution >= 0.6 is 28.3 Å². The van der Waals surface area contributed by atoms with E-state index >= 15 is 0 Å². The van der Waals surface area contributed by atoms with Crippen LogP contribution < -0.4 is 10.1 Å². The lowest BCUT2D eigenvalue weighted by Crippen LogP contribution is -2.49. The molecule has 0 aromatic heterocycles. The van der Waals surface area contributed by atoms with Gasteiger partial charge in [0.05, 0.1) is 16.5 Å². The average molecular weight is 347 g/mol. The van der Waals surface area contributed by atoms with Gasteiger partial charge in [0, 0.05) is 12.8 Å². The van der Waals surface area contributed by atoms with Crippen LogP contribution in [0.25, 0.3) is 0 Å². The zero-order valence-electron chi connectivity index (χ0n) is 10.8. The Morgan fingerprint density at radius 1 is 1.32 bits per heavy atom. The Balaban J connectivity index is 0.00000133. The van der Waals surface area contributed by atoms with Crippen LogP contribution in [0.2, 0.25) is 0 Å². The van der Waals surface area contributed by atoms with Crippen LogP contribution in [0, 0.1) is 6.92 Å². The van der Waals surface area contributed by atoms with Crippen LogP contribution in [0.1, 0.15) is 35.2 Å². The molecule has 0 radical (unpaired) electrons. The molecule has 19 heavy (non-hydrogen) atoms. The molecule has 0 aliphatic carbocycles. The van der Waals surface area contributed by atoms with E-state index in [2.05, 4.69) is 21.2 Å². The zero-order valence-corrected chi connectivity index (χ0v) is 13.2. The third-order valence-electron chi connectivity index (χ3n) is 3.80. The Morgan fingerprint density at radius 3 is 2.68 bits per heavy atom. The molecule has 3 nitrogen and oxygen atoms in total. The molecular formula is C14H17BrClNO2. The molecule has 1 fully saturated rings. The Morgan fingerprint density at radius 2 is 2.00 bits per heavy atom. The number of fused-ring (bicyclic) bond motifs is 1. The van der Waals surface area contributed by atoms with E-state index < -0.39 is 0 Å². The van der Waals surface area contributed by atoms with Gasteiger partial charge in [-0.15, -0.1) is 12.4 Å². The quantitative estimate of drug-likeness (QED) is 0.783. The van der Waals surface area contributed by atoms with E-state index in [4.69, 9.17) is 4.74 Å². The molecule has 104 valence electrons. The van der Waals surface area contributed by atoms with Crippen molar-refractivity contribution < 1.29 is 9.53 Å². The van der Waals surface area contributed by atoms with Gasteiger partial charge in [-0.25, -0.2) is 0 Å². The summed E-state index contributed by atoms with van der Waals surface area (Å²) in [4.78, 5) is 12.3. The van der Waals surface area contributed by atoms with Gasteiger partial charge in [-0.3, -0.25) is 4.79 Å². The first kappa shape index (κ1) is 14.8. The lowest BCUT2D eigenvalue weighted by molar-refractivity contribution is 0.0181. The summed E-state index contributed by atoms with van der Waals surface area (Å²) in [5.41, 5.74) is 1.53. The normalized spacial score (nSPS) is 20.4. The molecule has 1 spiro atoms. The zero-order chi connectivity index (χ0) is 12.8. The molecule has 0 bridgehead atoms. The van der Waals surface area contributed by atoms with Gasteiger partial charge in [-0.1, -0.05) is 0 Å². The summed E-state index contributed by atoms with van der Waals surface area (Å²) in [6, 6.07) is 3.93. The van der Waals surface area contributed by atoms with E-state index in [-0.39, 0.29) is 23.8 Å². The van der Waals surface area contributed by atoms with Crippen molar-refractivity contribution in [3.05, 3.63) is 27.7 Å². The largest absolute Gasteiger partial charge is 0.485 e. The summed E-state index contributed by atoms with van der Waals surface area (Å²) in [5, 5.41) is 3.32. The summed E-state index contributed by atoms with van der Waals surface area (Å²) in [6.07, 6.45) is 2.31. The highest BCUT2D eigenvalue weighted by Gasteiger charge is 2.42. The standard InChI is InChI=1S/C14H16BrNO2.ClH/c1-9-6-10-12(17)8-14(2-4-16-5-3-14)18-13(10)11(15)7-9;/h6-7,16H,2-5,8H2,1H3;1H. The summed E-state index contributed by atoms with van der Waals surface area (Å²) < 4.78 is 7.10. The third-order valence-corrected chi connectivity index (χ3v) is 4.39. The number of ketones is 1. The number of piperidine rings is 1. The molecule has 0 amide bonds. The summed E-state index contributed by atoms with van der Waals surface area (Å²) >= 11 is 3.52. The molecule has 1 saturated heterocycles. The van der Waals surface area contributed by atoms with Crippen LogP contribution in [0.5, 0.6) is 5.75 Å². The Labute approximate surface area is 127 Å². The lowest BCUT2D eigenvalue weighted by atomic mass is 9.83. The molecule has 0 unspecified atom stereocenters. The fourth-order valence-corrected chi connectivity index (χ4v) is 3.50. The molecule has 2 aliphatic rings.